The number of nitrogens with one attached hydrogen (secondary N) is 1. The summed E-state index contributed by atoms with van der Waals surface area (Å²) < 4.78 is 0. The van der Waals surface area contributed by atoms with Crippen LogP contribution in [-0.4, -0.2) is 19.4 Å². The highest BCUT2D eigenvalue weighted by molar-refractivity contribution is 6.10. The minimum absolute atomic E-state index is 0.135. The summed E-state index contributed by atoms with van der Waals surface area (Å²) in [4.78, 5) is 2.36. The van der Waals surface area contributed by atoms with E-state index in [1.54, 1.807) is 0 Å². The lowest BCUT2D eigenvalue weighted by atomic mass is 10.0. The lowest BCUT2D eigenvalue weighted by molar-refractivity contribution is 0.547. The van der Waals surface area contributed by atoms with E-state index in [9.17, 15) is 0 Å². The van der Waals surface area contributed by atoms with E-state index in [1.807, 2.05) is 12.1 Å². The van der Waals surface area contributed by atoms with Crippen molar-refractivity contribution >= 4 is 22.3 Å². The highest BCUT2D eigenvalue weighted by Crippen LogP contribution is 2.31. The Balaban J connectivity index is 1.98. The lowest BCUT2D eigenvalue weighted by Crippen LogP contribution is -2.24. The van der Waals surface area contributed by atoms with Crippen LogP contribution in [0.3, 0.4) is 0 Å². The second-order valence-electron chi connectivity index (χ2n) is 6.12. The summed E-state index contributed by atoms with van der Waals surface area (Å²) in [5.41, 5.74) is 7.77. The van der Waals surface area contributed by atoms with Gasteiger partial charge in [-0.2, -0.15) is 0 Å². The third kappa shape index (κ3) is 2.73. The van der Waals surface area contributed by atoms with E-state index < -0.39 is 0 Å². The Kier molecular flexibility index (Phi) is 3.82. The van der Waals surface area contributed by atoms with Crippen molar-refractivity contribution in [2.45, 2.75) is 25.7 Å². The summed E-state index contributed by atoms with van der Waals surface area (Å²) in [6, 6.07) is 12.3. The first-order valence-electron chi connectivity index (χ1n) is 7.74. The van der Waals surface area contributed by atoms with Crippen LogP contribution < -0.4 is 10.6 Å². The van der Waals surface area contributed by atoms with Gasteiger partial charge in [-0.3, -0.25) is 5.41 Å². The van der Waals surface area contributed by atoms with Gasteiger partial charge in [0.2, 0.25) is 0 Å². The van der Waals surface area contributed by atoms with Crippen molar-refractivity contribution in [2.24, 2.45) is 11.7 Å². The van der Waals surface area contributed by atoms with E-state index in [4.69, 9.17) is 11.1 Å². The molecule has 1 fully saturated rings. The normalized spacial score (nSPS) is 15.5. The van der Waals surface area contributed by atoms with Crippen LogP contribution in [0.5, 0.6) is 0 Å². The first-order valence-corrected chi connectivity index (χ1v) is 7.74. The van der Waals surface area contributed by atoms with Crippen molar-refractivity contribution in [2.75, 3.05) is 18.5 Å². The van der Waals surface area contributed by atoms with Gasteiger partial charge in [-0.15, -0.1) is 0 Å². The predicted octanol–water partition coefficient (Wildman–Crippen LogP) is 3.75. The number of hydrogen-bond acceptors (Lipinski definition) is 2. The molecule has 0 unspecified atom stereocenters. The van der Waals surface area contributed by atoms with Crippen LogP contribution in [-0.2, 0) is 0 Å². The maximum Gasteiger partial charge on any atom is 0.123 e. The van der Waals surface area contributed by atoms with Gasteiger partial charge < -0.3 is 10.6 Å². The van der Waals surface area contributed by atoms with Crippen molar-refractivity contribution in [3.05, 3.63) is 42.0 Å². The quantitative estimate of drug-likeness (QED) is 0.662. The fourth-order valence-corrected chi connectivity index (χ4v) is 3.53. The van der Waals surface area contributed by atoms with Crippen LogP contribution in [0.2, 0.25) is 0 Å². The standard InChI is InChI=1S/C18H23N3/c1-21(12-13-6-2-3-7-13)17-11-10-16(18(19)20)14-8-4-5-9-15(14)17/h4-5,8-11,13H,2-3,6-7,12H2,1H3,(H3,19,20). The number of rotatable bonds is 4. The Labute approximate surface area is 126 Å². The lowest BCUT2D eigenvalue weighted by Gasteiger charge is -2.25. The molecule has 1 saturated carbocycles. The van der Waals surface area contributed by atoms with Crippen molar-refractivity contribution in [1.29, 1.82) is 5.41 Å². The van der Waals surface area contributed by atoms with Gasteiger partial charge >= 0.3 is 0 Å². The molecule has 2 aromatic rings. The zero-order valence-corrected chi connectivity index (χ0v) is 12.6. The number of fused-ring (bicyclic) bond motifs is 1. The maximum atomic E-state index is 7.74. The molecule has 3 rings (SSSR count). The van der Waals surface area contributed by atoms with Crippen molar-refractivity contribution in [1.82, 2.24) is 0 Å². The second kappa shape index (κ2) is 5.76. The fourth-order valence-electron chi connectivity index (χ4n) is 3.53. The van der Waals surface area contributed by atoms with E-state index in [0.29, 0.717) is 0 Å². The molecular weight excluding hydrogens is 258 g/mol. The molecule has 3 heteroatoms. The van der Waals surface area contributed by atoms with E-state index in [0.717, 1.165) is 23.4 Å². The van der Waals surface area contributed by atoms with E-state index >= 15 is 0 Å². The van der Waals surface area contributed by atoms with Crippen LogP contribution in [0.25, 0.3) is 10.8 Å². The van der Waals surface area contributed by atoms with Crippen LogP contribution >= 0.6 is 0 Å². The number of anilines is 1. The largest absolute Gasteiger partial charge is 0.384 e. The number of amidine groups is 1. The third-order valence-corrected chi connectivity index (χ3v) is 4.61. The van der Waals surface area contributed by atoms with Gasteiger partial charge in [-0.05, 0) is 36.3 Å². The summed E-state index contributed by atoms with van der Waals surface area (Å²) in [6.45, 7) is 1.11. The number of nitrogens with two attached hydrogens (primary N) is 1. The monoisotopic (exact) mass is 281 g/mol. The molecule has 2 aromatic carbocycles. The molecule has 1 aliphatic carbocycles. The molecule has 21 heavy (non-hydrogen) atoms. The van der Waals surface area contributed by atoms with Crippen LogP contribution in [0.15, 0.2) is 36.4 Å². The van der Waals surface area contributed by atoms with Crippen LogP contribution in [0, 0.1) is 11.3 Å². The molecule has 0 atom stereocenters. The van der Waals surface area contributed by atoms with Gasteiger partial charge in [0.1, 0.15) is 5.84 Å². The summed E-state index contributed by atoms with van der Waals surface area (Å²) >= 11 is 0. The van der Waals surface area contributed by atoms with Gasteiger partial charge in [0, 0.05) is 30.2 Å². The highest BCUT2D eigenvalue weighted by atomic mass is 15.1. The maximum absolute atomic E-state index is 7.74. The predicted molar refractivity (Wildman–Crippen MR) is 90.2 cm³/mol. The van der Waals surface area contributed by atoms with E-state index in [2.05, 4.69) is 36.2 Å². The first-order chi connectivity index (χ1) is 10.2. The topological polar surface area (TPSA) is 53.1 Å². The number of hydrogen-bond donors (Lipinski definition) is 2. The van der Waals surface area contributed by atoms with E-state index in [1.165, 1.54) is 36.8 Å². The van der Waals surface area contributed by atoms with Crippen LogP contribution in [0.1, 0.15) is 31.2 Å². The molecule has 0 saturated heterocycles. The second-order valence-corrected chi connectivity index (χ2v) is 6.12. The highest BCUT2D eigenvalue weighted by Gasteiger charge is 2.18. The molecule has 0 amide bonds. The minimum atomic E-state index is 0.135. The summed E-state index contributed by atoms with van der Waals surface area (Å²) in [7, 11) is 2.17. The average molecular weight is 281 g/mol. The molecule has 3 nitrogen and oxygen atoms in total. The first kappa shape index (κ1) is 13.9. The van der Waals surface area contributed by atoms with E-state index in [-0.39, 0.29) is 5.84 Å². The molecule has 0 radical (unpaired) electrons. The molecule has 110 valence electrons. The Morgan fingerprint density at radius 3 is 2.48 bits per heavy atom. The number of benzene rings is 2. The van der Waals surface area contributed by atoms with Gasteiger partial charge in [0.05, 0.1) is 0 Å². The SMILES string of the molecule is CN(CC1CCCC1)c1ccc(C(=N)N)c2ccccc12. The molecule has 0 aliphatic heterocycles. The molecule has 3 N–H and O–H groups in total. The zero-order valence-electron chi connectivity index (χ0n) is 12.6. The van der Waals surface area contributed by atoms with Crippen molar-refractivity contribution in [3.8, 4) is 0 Å². The van der Waals surface area contributed by atoms with Gasteiger partial charge in [-0.1, -0.05) is 37.1 Å². The molecule has 0 aromatic heterocycles. The Morgan fingerprint density at radius 1 is 1.14 bits per heavy atom. The zero-order chi connectivity index (χ0) is 14.8. The van der Waals surface area contributed by atoms with Gasteiger partial charge in [-0.25, -0.2) is 0 Å². The molecular formula is C18H23N3. The Morgan fingerprint density at radius 2 is 1.81 bits per heavy atom. The van der Waals surface area contributed by atoms with Gasteiger partial charge in [0.25, 0.3) is 0 Å². The number of nitrogens with zero attached hydrogens (tertiary/aromatic N) is 1. The molecule has 0 spiro atoms. The fraction of sp³-hybridized carbons (Fsp3) is 0.389. The molecule has 1 aliphatic rings. The summed E-state index contributed by atoms with van der Waals surface area (Å²) in [5, 5.41) is 10.00. The average Bonchev–Trinajstić information content (AvgIpc) is 2.98. The Bertz CT molecular complexity index is 657. The van der Waals surface area contributed by atoms with Crippen LogP contribution in [0.4, 0.5) is 5.69 Å². The summed E-state index contributed by atoms with van der Waals surface area (Å²) in [6.07, 6.45) is 5.46. The van der Waals surface area contributed by atoms with Gasteiger partial charge in [0.15, 0.2) is 0 Å². The van der Waals surface area contributed by atoms with Crippen molar-refractivity contribution in [3.63, 3.8) is 0 Å². The Hall–Kier alpha value is -2.03. The molecule has 0 bridgehead atoms. The van der Waals surface area contributed by atoms with Crippen molar-refractivity contribution < 1.29 is 0 Å². The minimum Gasteiger partial charge on any atom is -0.384 e. The smallest absolute Gasteiger partial charge is 0.123 e. The summed E-state index contributed by atoms with van der Waals surface area (Å²) in [5.74, 6) is 0.956. The number of nitrogen functional groups attached to an aromatic ring is 1. The molecule has 0 heterocycles. The third-order valence-electron chi connectivity index (χ3n) is 4.61.